The lowest BCUT2D eigenvalue weighted by atomic mass is 10.1. The Labute approximate surface area is 71.8 Å². The number of hydrogen-bond acceptors (Lipinski definition) is 4. The zero-order valence-electron chi connectivity index (χ0n) is 6.89. The van der Waals surface area contributed by atoms with Crippen LogP contribution in [0.2, 0.25) is 0 Å². The van der Waals surface area contributed by atoms with Gasteiger partial charge in [0.25, 0.3) is 10.1 Å². The van der Waals surface area contributed by atoms with Gasteiger partial charge in [0.05, 0.1) is 5.75 Å². The van der Waals surface area contributed by atoms with Crippen molar-refractivity contribution in [2.75, 3.05) is 5.75 Å². The van der Waals surface area contributed by atoms with E-state index in [0.717, 1.165) is 0 Å². The van der Waals surface area contributed by atoms with E-state index in [9.17, 15) is 8.42 Å². The predicted octanol–water partition coefficient (Wildman–Crippen LogP) is -0.255. The Hall–Kier alpha value is -0.170. The van der Waals surface area contributed by atoms with E-state index in [1.165, 1.54) is 0 Å². The van der Waals surface area contributed by atoms with E-state index in [1.807, 2.05) is 0 Å². The van der Waals surface area contributed by atoms with Crippen LogP contribution in [0.4, 0.5) is 0 Å². The van der Waals surface area contributed by atoms with Crippen molar-refractivity contribution in [3.8, 4) is 0 Å². The molecule has 0 fully saturated rings. The summed E-state index contributed by atoms with van der Waals surface area (Å²) in [5.41, 5.74) is 0. The molecule has 0 bridgehead atoms. The molecule has 0 atom stereocenters. The zero-order chi connectivity index (χ0) is 9.83. The minimum atomic E-state index is -3.98. The topological polar surface area (TPSA) is 94.8 Å². The Morgan fingerprint density at radius 3 is 2.17 bits per heavy atom. The first kappa shape index (κ1) is 11.8. The molecule has 0 saturated heterocycles. The highest BCUT2D eigenvalue weighted by atomic mass is 32.2. The summed E-state index contributed by atoms with van der Waals surface area (Å²) >= 11 is 0. The normalized spacial score (nSPS) is 13.3. The summed E-state index contributed by atoms with van der Waals surface area (Å²) in [6.45, 7) is 1.58. The Morgan fingerprint density at radius 1 is 1.33 bits per heavy atom. The molecule has 5 nitrogen and oxygen atoms in total. The van der Waals surface area contributed by atoms with Gasteiger partial charge < -0.3 is 10.2 Å². The molecule has 0 aromatic carbocycles. The largest absolute Gasteiger partial charge is 0.366 e. The fourth-order valence-electron chi connectivity index (χ4n) is 0.714. The third-order valence-corrected chi connectivity index (χ3v) is 2.35. The summed E-state index contributed by atoms with van der Waals surface area (Å²) in [7, 11) is -3.98. The van der Waals surface area contributed by atoms with Crippen LogP contribution >= 0.6 is 0 Å². The van der Waals surface area contributed by atoms with Gasteiger partial charge in [-0.1, -0.05) is 6.92 Å². The van der Waals surface area contributed by atoms with Crippen molar-refractivity contribution in [3.63, 3.8) is 0 Å². The van der Waals surface area contributed by atoms with Crippen LogP contribution < -0.4 is 0 Å². The van der Waals surface area contributed by atoms with Crippen LogP contribution in [0, 0.1) is 0 Å². The van der Waals surface area contributed by atoms with Crippen LogP contribution in [0.15, 0.2) is 0 Å². The number of rotatable bonds is 5. The van der Waals surface area contributed by atoms with Gasteiger partial charge in [-0.3, -0.25) is 4.55 Å². The standard InChI is InChI=1S/C6H14O5S/c1-2-6(7,8)4-3-5-12(9,10)11/h7-8H,2-5H2,1H3,(H,9,10,11). The van der Waals surface area contributed by atoms with E-state index in [4.69, 9.17) is 14.8 Å². The number of hydrogen-bond donors (Lipinski definition) is 3. The Morgan fingerprint density at radius 2 is 1.83 bits per heavy atom. The summed E-state index contributed by atoms with van der Waals surface area (Å²) in [5, 5.41) is 18.0. The van der Waals surface area contributed by atoms with Crippen molar-refractivity contribution in [3.05, 3.63) is 0 Å². The van der Waals surface area contributed by atoms with E-state index in [2.05, 4.69) is 0 Å². The second kappa shape index (κ2) is 4.18. The van der Waals surface area contributed by atoms with Gasteiger partial charge >= 0.3 is 0 Å². The van der Waals surface area contributed by atoms with Crippen LogP contribution in [0.1, 0.15) is 26.2 Å². The molecule has 0 aromatic rings. The molecular formula is C6H14O5S. The maximum Gasteiger partial charge on any atom is 0.264 e. The van der Waals surface area contributed by atoms with Gasteiger partial charge in [-0.25, -0.2) is 0 Å². The molecule has 12 heavy (non-hydrogen) atoms. The van der Waals surface area contributed by atoms with Gasteiger partial charge in [0.1, 0.15) is 0 Å². The quantitative estimate of drug-likeness (QED) is 0.418. The molecule has 0 aliphatic rings. The van der Waals surface area contributed by atoms with Gasteiger partial charge in [0.15, 0.2) is 5.79 Å². The molecule has 0 radical (unpaired) electrons. The Balaban J connectivity index is 3.72. The summed E-state index contributed by atoms with van der Waals surface area (Å²) < 4.78 is 28.7. The fraction of sp³-hybridized carbons (Fsp3) is 1.00. The molecule has 0 rings (SSSR count). The van der Waals surface area contributed by atoms with Crippen LogP contribution in [0.3, 0.4) is 0 Å². The summed E-state index contributed by atoms with van der Waals surface area (Å²) in [6.07, 6.45) is 0.126. The van der Waals surface area contributed by atoms with E-state index in [-0.39, 0.29) is 19.3 Å². The van der Waals surface area contributed by atoms with Crippen LogP contribution in [0.25, 0.3) is 0 Å². The molecule has 0 unspecified atom stereocenters. The highest BCUT2D eigenvalue weighted by Gasteiger charge is 2.20. The van der Waals surface area contributed by atoms with Gasteiger partial charge in [0, 0.05) is 6.42 Å². The third kappa shape index (κ3) is 6.53. The third-order valence-electron chi connectivity index (χ3n) is 1.55. The van der Waals surface area contributed by atoms with Gasteiger partial charge in [0.2, 0.25) is 0 Å². The molecule has 0 aliphatic heterocycles. The SMILES string of the molecule is CCC(O)(O)CCCS(=O)(=O)O. The lowest BCUT2D eigenvalue weighted by molar-refractivity contribution is -0.166. The molecule has 0 spiro atoms. The molecule has 0 amide bonds. The molecule has 0 heterocycles. The van der Waals surface area contributed by atoms with Crippen molar-refractivity contribution < 1.29 is 23.2 Å². The van der Waals surface area contributed by atoms with Crippen LogP contribution in [-0.2, 0) is 10.1 Å². The van der Waals surface area contributed by atoms with E-state index >= 15 is 0 Å². The van der Waals surface area contributed by atoms with Gasteiger partial charge in [-0.2, -0.15) is 8.42 Å². The molecule has 0 saturated carbocycles. The summed E-state index contributed by atoms with van der Waals surface area (Å²) in [5.74, 6) is -2.25. The van der Waals surface area contributed by atoms with Crippen molar-refractivity contribution >= 4 is 10.1 Å². The van der Waals surface area contributed by atoms with Crippen LogP contribution in [0.5, 0.6) is 0 Å². The van der Waals surface area contributed by atoms with Crippen LogP contribution in [-0.4, -0.2) is 34.7 Å². The lowest BCUT2D eigenvalue weighted by Gasteiger charge is -2.18. The van der Waals surface area contributed by atoms with E-state index in [0.29, 0.717) is 0 Å². The predicted molar refractivity (Wildman–Crippen MR) is 43.1 cm³/mol. The highest BCUT2D eigenvalue weighted by molar-refractivity contribution is 7.85. The molecule has 6 heteroatoms. The van der Waals surface area contributed by atoms with Crippen molar-refractivity contribution in [2.24, 2.45) is 0 Å². The maximum atomic E-state index is 10.2. The molecule has 0 aromatic heterocycles. The monoisotopic (exact) mass is 198 g/mol. The molecule has 3 N–H and O–H groups in total. The lowest BCUT2D eigenvalue weighted by Crippen LogP contribution is -2.27. The first-order valence-electron chi connectivity index (χ1n) is 3.67. The second-order valence-electron chi connectivity index (χ2n) is 2.73. The van der Waals surface area contributed by atoms with E-state index in [1.54, 1.807) is 6.92 Å². The molecule has 0 aliphatic carbocycles. The second-order valence-corrected chi connectivity index (χ2v) is 4.30. The smallest absolute Gasteiger partial charge is 0.264 e. The molecule has 74 valence electrons. The van der Waals surface area contributed by atoms with Crippen molar-refractivity contribution in [2.45, 2.75) is 32.0 Å². The van der Waals surface area contributed by atoms with Gasteiger partial charge in [-0.15, -0.1) is 0 Å². The fourth-order valence-corrected chi connectivity index (χ4v) is 1.22. The minimum absolute atomic E-state index is 0.0413. The Kier molecular flexibility index (Phi) is 4.12. The molecular weight excluding hydrogens is 184 g/mol. The first-order chi connectivity index (χ1) is 5.27. The maximum absolute atomic E-state index is 10.2. The van der Waals surface area contributed by atoms with Gasteiger partial charge in [-0.05, 0) is 12.8 Å². The number of aliphatic hydroxyl groups is 2. The Bertz CT molecular complexity index is 218. The zero-order valence-corrected chi connectivity index (χ0v) is 7.71. The van der Waals surface area contributed by atoms with Crippen molar-refractivity contribution in [1.82, 2.24) is 0 Å². The summed E-state index contributed by atoms with van der Waals surface area (Å²) in [4.78, 5) is 0. The van der Waals surface area contributed by atoms with E-state index < -0.39 is 21.7 Å². The van der Waals surface area contributed by atoms with Crippen molar-refractivity contribution in [1.29, 1.82) is 0 Å². The highest BCUT2D eigenvalue weighted by Crippen LogP contribution is 2.13. The summed E-state index contributed by atoms with van der Waals surface area (Å²) in [6, 6.07) is 0. The average molecular weight is 198 g/mol. The first-order valence-corrected chi connectivity index (χ1v) is 5.28. The average Bonchev–Trinajstić information content (AvgIpc) is 1.84. The minimum Gasteiger partial charge on any atom is -0.366 e.